The first kappa shape index (κ1) is 16.2. The summed E-state index contributed by atoms with van der Waals surface area (Å²) in [5, 5.41) is 0.275. The average Bonchev–Trinajstić information content (AvgIpc) is 2.20. The van der Waals surface area contributed by atoms with E-state index in [1.54, 1.807) is 0 Å². The van der Waals surface area contributed by atoms with Gasteiger partial charge in [0.05, 0.1) is 18.3 Å². The summed E-state index contributed by atoms with van der Waals surface area (Å²) in [7, 11) is -1.69. The van der Waals surface area contributed by atoms with Crippen molar-refractivity contribution in [1.29, 1.82) is 0 Å². The van der Waals surface area contributed by atoms with E-state index in [1.165, 1.54) is 0 Å². The largest absolute Gasteiger partial charge is 0.413 e. The van der Waals surface area contributed by atoms with Crippen molar-refractivity contribution in [3.05, 3.63) is 0 Å². The molecule has 5 atom stereocenters. The monoisotopic (exact) mass is 272 g/mol. The summed E-state index contributed by atoms with van der Waals surface area (Å²) >= 11 is 0. The second-order valence-electron chi connectivity index (χ2n) is 7.61. The Morgan fingerprint density at radius 3 is 1.61 bits per heavy atom. The molecule has 0 aromatic carbocycles. The molecule has 2 nitrogen and oxygen atoms in total. The Bertz CT molecular complexity index is 269. The Labute approximate surface area is 115 Å². The molecule has 3 heteroatoms. The maximum Gasteiger partial charge on any atom is 0.192 e. The average molecular weight is 273 g/mol. The van der Waals surface area contributed by atoms with Gasteiger partial charge in [0.1, 0.15) is 0 Å². The predicted octanol–water partition coefficient (Wildman–Crippen LogP) is 4.46. The van der Waals surface area contributed by atoms with Crippen LogP contribution in [0.3, 0.4) is 0 Å². The SMILES string of the molecule is CC1O[C@H](C)[C@@H](C)[C@H](O[Si](C)(C)C(C)(C)C)[C@H]1C. The lowest BCUT2D eigenvalue weighted by Crippen LogP contribution is -2.54. The van der Waals surface area contributed by atoms with Crippen LogP contribution in [0.25, 0.3) is 0 Å². The molecule has 0 spiro atoms. The topological polar surface area (TPSA) is 18.5 Å². The summed E-state index contributed by atoms with van der Waals surface area (Å²) in [6, 6.07) is 0. The molecular formula is C15H32O2Si. The van der Waals surface area contributed by atoms with Gasteiger partial charge in [-0.3, -0.25) is 0 Å². The molecule has 1 aliphatic heterocycles. The predicted molar refractivity (Wildman–Crippen MR) is 80.4 cm³/mol. The van der Waals surface area contributed by atoms with Crippen molar-refractivity contribution in [2.24, 2.45) is 11.8 Å². The molecule has 1 unspecified atom stereocenters. The first-order valence-corrected chi connectivity index (χ1v) is 10.2. The van der Waals surface area contributed by atoms with Gasteiger partial charge in [0.15, 0.2) is 8.32 Å². The minimum Gasteiger partial charge on any atom is -0.413 e. The standard InChI is InChI=1S/C15H32O2Si/c1-10-12(3)16-13(4)11(2)14(10)17-18(8,9)15(5,6)7/h10-14H,1-9H3/t10-,11+,12-,13?,14+/m1/s1. The molecule has 1 heterocycles. The lowest BCUT2D eigenvalue weighted by molar-refractivity contribution is -0.145. The molecule has 1 rings (SSSR count). The first-order chi connectivity index (χ1) is 7.97. The van der Waals surface area contributed by atoms with Crippen LogP contribution >= 0.6 is 0 Å². The smallest absolute Gasteiger partial charge is 0.192 e. The van der Waals surface area contributed by atoms with Crippen LogP contribution in [0, 0.1) is 11.8 Å². The van der Waals surface area contributed by atoms with Crippen LogP contribution in [0.5, 0.6) is 0 Å². The molecule has 1 saturated heterocycles. The molecule has 0 amide bonds. The van der Waals surface area contributed by atoms with Crippen molar-refractivity contribution in [3.63, 3.8) is 0 Å². The molecule has 1 aliphatic rings. The lowest BCUT2D eigenvalue weighted by Gasteiger charge is -2.48. The van der Waals surface area contributed by atoms with Crippen molar-refractivity contribution in [3.8, 4) is 0 Å². The van der Waals surface area contributed by atoms with Crippen LogP contribution in [0.4, 0.5) is 0 Å². The second kappa shape index (κ2) is 5.26. The van der Waals surface area contributed by atoms with Crippen LogP contribution in [-0.2, 0) is 9.16 Å². The number of hydrogen-bond acceptors (Lipinski definition) is 2. The van der Waals surface area contributed by atoms with Gasteiger partial charge in [-0.25, -0.2) is 0 Å². The molecule has 0 aliphatic carbocycles. The highest BCUT2D eigenvalue weighted by molar-refractivity contribution is 6.74. The van der Waals surface area contributed by atoms with Crippen molar-refractivity contribution in [2.75, 3.05) is 0 Å². The summed E-state index contributed by atoms with van der Waals surface area (Å²) in [4.78, 5) is 0. The molecule has 0 radical (unpaired) electrons. The highest BCUT2D eigenvalue weighted by Crippen LogP contribution is 2.41. The molecule has 108 valence electrons. The fourth-order valence-corrected chi connectivity index (χ4v) is 3.79. The Kier molecular flexibility index (Phi) is 4.73. The highest BCUT2D eigenvalue weighted by atomic mass is 28.4. The fourth-order valence-electron chi connectivity index (χ4n) is 2.33. The van der Waals surface area contributed by atoms with E-state index in [4.69, 9.17) is 9.16 Å². The van der Waals surface area contributed by atoms with Crippen LogP contribution < -0.4 is 0 Å². The molecule has 0 N–H and O–H groups in total. The van der Waals surface area contributed by atoms with Gasteiger partial charge in [-0.2, -0.15) is 0 Å². The van der Waals surface area contributed by atoms with E-state index < -0.39 is 8.32 Å². The van der Waals surface area contributed by atoms with Gasteiger partial charge in [0.2, 0.25) is 0 Å². The van der Waals surface area contributed by atoms with Gasteiger partial charge in [0.25, 0.3) is 0 Å². The zero-order valence-corrected chi connectivity index (χ0v) is 14.7. The van der Waals surface area contributed by atoms with Gasteiger partial charge in [0, 0.05) is 11.8 Å². The van der Waals surface area contributed by atoms with Crippen molar-refractivity contribution in [2.45, 2.75) is 84.9 Å². The molecule has 0 aromatic heterocycles. The van der Waals surface area contributed by atoms with Crippen LogP contribution in [0.15, 0.2) is 0 Å². The molecule has 0 aromatic rings. The normalized spacial score (nSPS) is 38.8. The van der Waals surface area contributed by atoms with E-state index in [0.717, 1.165) is 0 Å². The van der Waals surface area contributed by atoms with E-state index >= 15 is 0 Å². The van der Waals surface area contributed by atoms with E-state index in [2.05, 4.69) is 61.6 Å². The lowest BCUT2D eigenvalue weighted by atomic mass is 9.84. The maximum absolute atomic E-state index is 6.67. The van der Waals surface area contributed by atoms with Gasteiger partial charge in [-0.1, -0.05) is 34.6 Å². The zero-order chi connectivity index (χ0) is 14.3. The van der Waals surface area contributed by atoms with E-state index in [1.807, 2.05) is 0 Å². The third-order valence-electron chi connectivity index (χ3n) is 5.18. The van der Waals surface area contributed by atoms with E-state index in [0.29, 0.717) is 30.1 Å². The molecule has 0 bridgehead atoms. The highest BCUT2D eigenvalue weighted by Gasteiger charge is 2.45. The van der Waals surface area contributed by atoms with Crippen LogP contribution in [0.1, 0.15) is 48.5 Å². The summed E-state index contributed by atoms with van der Waals surface area (Å²) in [6.07, 6.45) is 0.932. The van der Waals surface area contributed by atoms with Crippen molar-refractivity contribution < 1.29 is 9.16 Å². The van der Waals surface area contributed by atoms with E-state index in [-0.39, 0.29) is 5.04 Å². The summed E-state index contributed by atoms with van der Waals surface area (Å²) < 4.78 is 12.6. The molecule has 0 saturated carbocycles. The van der Waals surface area contributed by atoms with Gasteiger partial charge < -0.3 is 9.16 Å². The molecule has 18 heavy (non-hydrogen) atoms. The molecule has 1 fully saturated rings. The Hall–Kier alpha value is 0.137. The zero-order valence-electron chi connectivity index (χ0n) is 13.7. The fraction of sp³-hybridized carbons (Fsp3) is 1.00. The number of rotatable bonds is 2. The van der Waals surface area contributed by atoms with E-state index in [9.17, 15) is 0 Å². The minimum absolute atomic E-state index is 0.275. The molecular weight excluding hydrogens is 240 g/mol. The summed E-state index contributed by atoms with van der Waals surface area (Å²) in [5.74, 6) is 0.954. The first-order valence-electron chi connectivity index (χ1n) is 7.30. The van der Waals surface area contributed by atoms with Crippen LogP contribution in [-0.4, -0.2) is 26.6 Å². The third-order valence-corrected chi connectivity index (χ3v) is 9.66. The third kappa shape index (κ3) is 3.17. The van der Waals surface area contributed by atoms with Crippen molar-refractivity contribution >= 4 is 8.32 Å². The number of ether oxygens (including phenoxy) is 1. The Morgan fingerprint density at radius 1 is 0.889 bits per heavy atom. The summed E-state index contributed by atoms with van der Waals surface area (Å²) in [6.45, 7) is 20.5. The van der Waals surface area contributed by atoms with Gasteiger partial charge in [-0.15, -0.1) is 0 Å². The minimum atomic E-state index is -1.69. The quantitative estimate of drug-likeness (QED) is 0.691. The maximum atomic E-state index is 6.67. The Balaban J connectivity index is 2.87. The van der Waals surface area contributed by atoms with Crippen LogP contribution in [0.2, 0.25) is 18.1 Å². The number of hydrogen-bond donors (Lipinski definition) is 0. The Morgan fingerprint density at radius 2 is 1.28 bits per heavy atom. The van der Waals surface area contributed by atoms with Gasteiger partial charge >= 0.3 is 0 Å². The van der Waals surface area contributed by atoms with Crippen molar-refractivity contribution in [1.82, 2.24) is 0 Å². The summed E-state index contributed by atoms with van der Waals surface area (Å²) in [5.41, 5.74) is 0. The second-order valence-corrected chi connectivity index (χ2v) is 12.4. The van der Waals surface area contributed by atoms with Gasteiger partial charge in [-0.05, 0) is 32.0 Å².